The molecule has 0 aromatic rings. The molecule has 1 unspecified atom stereocenters. The molecule has 0 saturated carbocycles. The van der Waals surface area contributed by atoms with E-state index in [4.69, 9.17) is 5.11 Å². The summed E-state index contributed by atoms with van der Waals surface area (Å²) in [6.45, 7) is 3.92. The Kier molecular flexibility index (Phi) is 2.13. The van der Waals surface area contributed by atoms with Crippen LogP contribution < -0.4 is 0 Å². The van der Waals surface area contributed by atoms with Crippen molar-refractivity contribution in [2.24, 2.45) is 5.92 Å². The van der Waals surface area contributed by atoms with Gasteiger partial charge in [0.1, 0.15) is 0 Å². The maximum Gasteiger partial charge on any atom is 0.335 e. The molecule has 1 atom stereocenters. The maximum absolute atomic E-state index is 10.6. The highest BCUT2D eigenvalue weighted by Crippen LogP contribution is 2.21. The van der Waals surface area contributed by atoms with Crippen molar-refractivity contribution in [1.82, 2.24) is 0 Å². The molecule has 0 spiro atoms. The SMILES string of the molecule is CC1=CC(C)CC=C1C(=O)O. The summed E-state index contributed by atoms with van der Waals surface area (Å²) in [6, 6.07) is 0. The van der Waals surface area contributed by atoms with Crippen molar-refractivity contribution in [1.29, 1.82) is 0 Å². The van der Waals surface area contributed by atoms with E-state index in [9.17, 15) is 4.79 Å². The van der Waals surface area contributed by atoms with Crippen LogP contribution in [0, 0.1) is 5.92 Å². The summed E-state index contributed by atoms with van der Waals surface area (Å²) in [5.74, 6) is -0.330. The molecule has 11 heavy (non-hydrogen) atoms. The zero-order valence-corrected chi connectivity index (χ0v) is 6.79. The van der Waals surface area contributed by atoms with Crippen LogP contribution in [0.3, 0.4) is 0 Å². The van der Waals surface area contributed by atoms with E-state index in [0.717, 1.165) is 12.0 Å². The molecule has 0 amide bonds. The van der Waals surface area contributed by atoms with Gasteiger partial charge in [-0.15, -0.1) is 0 Å². The summed E-state index contributed by atoms with van der Waals surface area (Å²) in [5.41, 5.74) is 1.35. The van der Waals surface area contributed by atoms with E-state index in [1.165, 1.54) is 0 Å². The van der Waals surface area contributed by atoms with Gasteiger partial charge in [0.2, 0.25) is 0 Å². The van der Waals surface area contributed by atoms with Crippen molar-refractivity contribution in [2.45, 2.75) is 20.3 Å². The van der Waals surface area contributed by atoms with E-state index in [1.54, 1.807) is 6.08 Å². The van der Waals surface area contributed by atoms with Crippen molar-refractivity contribution in [3.05, 3.63) is 23.3 Å². The molecule has 0 aromatic carbocycles. The fraction of sp³-hybridized carbons (Fsp3) is 0.444. The Morgan fingerprint density at radius 1 is 1.73 bits per heavy atom. The van der Waals surface area contributed by atoms with Crippen LogP contribution in [0.4, 0.5) is 0 Å². The van der Waals surface area contributed by atoms with Gasteiger partial charge in [-0.1, -0.05) is 19.1 Å². The molecule has 0 saturated heterocycles. The third kappa shape index (κ3) is 1.70. The van der Waals surface area contributed by atoms with Crippen molar-refractivity contribution >= 4 is 5.97 Å². The summed E-state index contributed by atoms with van der Waals surface area (Å²) in [4.78, 5) is 10.6. The molecular weight excluding hydrogens is 140 g/mol. The summed E-state index contributed by atoms with van der Waals surface area (Å²) < 4.78 is 0. The third-order valence-corrected chi connectivity index (χ3v) is 1.88. The van der Waals surface area contributed by atoms with E-state index in [2.05, 4.69) is 6.92 Å². The molecular formula is C9H12O2. The Hall–Kier alpha value is -1.05. The lowest BCUT2D eigenvalue weighted by Gasteiger charge is -2.13. The van der Waals surface area contributed by atoms with Gasteiger partial charge in [0, 0.05) is 0 Å². The van der Waals surface area contributed by atoms with Gasteiger partial charge in [-0.3, -0.25) is 0 Å². The van der Waals surface area contributed by atoms with Gasteiger partial charge in [-0.05, 0) is 24.8 Å². The van der Waals surface area contributed by atoms with Crippen LogP contribution in [0.1, 0.15) is 20.3 Å². The first-order chi connectivity index (χ1) is 5.11. The van der Waals surface area contributed by atoms with Crippen molar-refractivity contribution in [3.63, 3.8) is 0 Å². The summed E-state index contributed by atoms with van der Waals surface area (Å²) in [6.07, 6.45) is 4.64. The lowest BCUT2D eigenvalue weighted by atomic mass is 9.93. The average Bonchev–Trinajstić information content (AvgIpc) is 1.85. The molecule has 1 rings (SSSR count). The number of hydrogen-bond donors (Lipinski definition) is 1. The second kappa shape index (κ2) is 2.91. The normalized spacial score (nSPS) is 24.0. The Morgan fingerprint density at radius 3 is 2.82 bits per heavy atom. The quantitative estimate of drug-likeness (QED) is 0.623. The molecule has 1 aliphatic rings. The minimum atomic E-state index is -0.814. The molecule has 2 heteroatoms. The van der Waals surface area contributed by atoms with E-state index in [0.29, 0.717) is 11.5 Å². The van der Waals surface area contributed by atoms with E-state index < -0.39 is 5.97 Å². The Bertz CT molecular complexity index is 236. The predicted octanol–water partition coefficient (Wildman–Crippen LogP) is 1.98. The molecule has 0 heterocycles. The van der Waals surface area contributed by atoms with Gasteiger partial charge in [0.05, 0.1) is 5.57 Å². The minimum Gasteiger partial charge on any atom is -0.478 e. The highest BCUT2D eigenvalue weighted by Gasteiger charge is 2.14. The molecule has 60 valence electrons. The first-order valence-corrected chi connectivity index (χ1v) is 3.73. The largest absolute Gasteiger partial charge is 0.478 e. The second-order valence-electron chi connectivity index (χ2n) is 2.99. The fourth-order valence-corrected chi connectivity index (χ4v) is 1.31. The van der Waals surface area contributed by atoms with E-state index >= 15 is 0 Å². The smallest absolute Gasteiger partial charge is 0.335 e. The van der Waals surface area contributed by atoms with Gasteiger partial charge in [0.25, 0.3) is 0 Å². The van der Waals surface area contributed by atoms with Crippen LogP contribution in [0.2, 0.25) is 0 Å². The number of carbonyl (C=O) groups is 1. The molecule has 0 radical (unpaired) electrons. The highest BCUT2D eigenvalue weighted by atomic mass is 16.4. The third-order valence-electron chi connectivity index (χ3n) is 1.88. The molecule has 2 nitrogen and oxygen atoms in total. The van der Waals surface area contributed by atoms with E-state index in [-0.39, 0.29) is 0 Å². The molecule has 1 aliphatic carbocycles. The molecule has 0 fully saturated rings. The van der Waals surface area contributed by atoms with Crippen molar-refractivity contribution < 1.29 is 9.90 Å². The lowest BCUT2D eigenvalue weighted by molar-refractivity contribution is -0.132. The second-order valence-corrected chi connectivity index (χ2v) is 2.99. The van der Waals surface area contributed by atoms with Gasteiger partial charge < -0.3 is 5.11 Å². The number of hydrogen-bond acceptors (Lipinski definition) is 1. The number of carboxylic acid groups (broad SMARTS) is 1. The van der Waals surface area contributed by atoms with Gasteiger partial charge in [0.15, 0.2) is 0 Å². The predicted molar refractivity (Wildman–Crippen MR) is 43.3 cm³/mol. The summed E-state index contributed by atoms with van der Waals surface area (Å²) in [5, 5.41) is 8.69. The van der Waals surface area contributed by atoms with Crippen molar-refractivity contribution in [2.75, 3.05) is 0 Å². The minimum absolute atomic E-state index is 0.461. The number of carboxylic acids is 1. The summed E-state index contributed by atoms with van der Waals surface area (Å²) in [7, 11) is 0. The maximum atomic E-state index is 10.6. The first-order valence-electron chi connectivity index (χ1n) is 3.73. The van der Waals surface area contributed by atoms with Gasteiger partial charge in [-0.25, -0.2) is 4.79 Å². The van der Waals surface area contributed by atoms with Crippen molar-refractivity contribution in [3.8, 4) is 0 Å². The number of allylic oxidation sites excluding steroid dienone is 2. The van der Waals surface area contributed by atoms with Gasteiger partial charge in [-0.2, -0.15) is 0 Å². The van der Waals surface area contributed by atoms with Gasteiger partial charge >= 0.3 is 5.97 Å². The summed E-state index contributed by atoms with van der Waals surface area (Å²) >= 11 is 0. The average molecular weight is 152 g/mol. The van der Waals surface area contributed by atoms with Crippen LogP contribution in [-0.2, 0) is 4.79 Å². The fourth-order valence-electron chi connectivity index (χ4n) is 1.31. The first kappa shape index (κ1) is 8.05. The van der Waals surface area contributed by atoms with E-state index in [1.807, 2.05) is 13.0 Å². The standard InChI is InChI=1S/C9H12O2/c1-6-3-4-8(9(10)11)7(2)5-6/h4-6H,3H2,1-2H3,(H,10,11). The molecule has 0 aromatic heterocycles. The molecule has 0 bridgehead atoms. The topological polar surface area (TPSA) is 37.3 Å². The van der Waals surface area contributed by atoms with Crippen LogP contribution in [0.15, 0.2) is 23.3 Å². The zero-order chi connectivity index (χ0) is 8.43. The van der Waals surface area contributed by atoms with Crippen LogP contribution in [0.25, 0.3) is 0 Å². The zero-order valence-electron chi connectivity index (χ0n) is 6.79. The number of aliphatic carboxylic acids is 1. The Balaban J connectivity index is 2.86. The Morgan fingerprint density at radius 2 is 2.36 bits per heavy atom. The highest BCUT2D eigenvalue weighted by molar-refractivity contribution is 5.91. The monoisotopic (exact) mass is 152 g/mol. The van der Waals surface area contributed by atoms with Crippen LogP contribution >= 0.6 is 0 Å². The molecule has 0 aliphatic heterocycles. The van der Waals surface area contributed by atoms with Crippen LogP contribution in [-0.4, -0.2) is 11.1 Å². The molecule has 1 N–H and O–H groups in total. The van der Waals surface area contributed by atoms with Crippen LogP contribution in [0.5, 0.6) is 0 Å². The Labute approximate surface area is 66.2 Å². The number of rotatable bonds is 1. The lowest BCUT2D eigenvalue weighted by Crippen LogP contribution is -2.07.